The maximum atomic E-state index is 6.36. The van der Waals surface area contributed by atoms with Crippen LogP contribution in [0.4, 0.5) is 0 Å². The number of tetrazole rings is 1. The Balaban J connectivity index is 1.96. The molecule has 3 atom stereocenters. The SMILES string of the molecule is CC(C)(C)n1nnnc1C(NC1CCCCC1N)c1ccccc1. The molecule has 1 saturated carbocycles. The first-order valence-electron chi connectivity index (χ1n) is 8.82. The molecular formula is C18H28N6. The van der Waals surface area contributed by atoms with Crippen LogP contribution in [0.25, 0.3) is 0 Å². The molecule has 2 aromatic rings. The van der Waals surface area contributed by atoms with Crippen LogP contribution in [0, 0.1) is 0 Å². The number of nitrogens with one attached hydrogen (secondary N) is 1. The van der Waals surface area contributed by atoms with Crippen molar-refractivity contribution in [2.24, 2.45) is 5.73 Å². The third-order valence-electron chi connectivity index (χ3n) is 4.72. The minimum atomic E-state index is -0.178. The van der Waals surface area contributed by atoms with E-state index >= 15 is 0 Å². The second-order valence-corrected chi connectivity index (χ2v) is 7.68. The third-order valence-corrected chi connectivity index (χ3v) is 4.72. The van der Waals surface area contributed by atoms with Crippen molar-refractivity contribution in [1.82, 2.24) is 25.5 Å². The molecular weight excluding hydrogens is 300 g/mol. The van der Waals surface area contributed by atoms with Gasteiger partial charge >= 0.3 is 0 Å². The zero-order valence-corrected chi connectivity index (χ0v) is 14.8. The fourth-order valence-corrected chi connectivity index (χ4v) is 3.40. The Kier molecular flexibility index (Phi) is 4.96. The molecule has 0 spiro atoms. The van der Waals surface area contributed by atoms with Crippen LogP contribution in [0.5, 0.6) is 0 Å². The van der Waals surface area contributed by atoms with Gasteiger partial charge in [-0.15, -0.1) is 5.10 Å². The molecule has 3 N–H and O–H groups in total. The summed E-state index contributed by atoms with van der Waals surface area (Å²) in [6.45, 7) is 6.34. The average Bonchev–Trinajstić information content (AvgIpc) is 3.04. The van der Waals surface area contributed by atoms with Crippen LogP contribution in [-0.4, -0.2) is 32.3 Å². The van der Waals surface area contributed by atoms with Crippen molar-refractivity contribution < 1.29 is 0 Å². The van der Waals surface area contributed by atoms with E-state index in [0.717, 1.165) is 24.2 Å². The highest BCUT2D eigenvalue weighted by atomic mass is 15.6. The largest absolute Gasteiger partial charge is 0.326 e. The van der Waals surface area contributed by atoms with Crippen LogP contribution in [0.15, 0.2) is 30.3 Å². The molecule has 0 saturated heterocycles. The molecule has 1 aromatic carbocycles. The number of aromatic nitrogens is 4. The van der Waals surface area contributed by atoms with Gasteiger partial charge in [-0.3, -0.25) is 5.32 Å². The Hall–Kier alpha value is -1.79. The van der Waals surface area contributed by atoms with E-state index in [2.05, 4.69) is 65.9 Å². The fourth-order valence-electron chi connectivity index (χ4n) is 3.40. The van der Waals surface area contributed by atoms with E-state index in [0.29, 0.717) is 0 Å². The topological polar surface area (TPSA) is 81.7 Å². The van der Waals surface area contributed by atoms with Crippen LogP contribution < -0.4 is 11.1 Å². The maximum Gasteiger partial charge on any atom is 0.173 e. The monoisotopic (exact) mass is 328 g/mol. The first-order chi connectivity index (χ1) is 11.5. The highest BCUT2D eigenvalue weighted by Crippen LogP contribution is 2.27. The van der Waals surface area contributed by atoms with Gasteiger partial charge in [-0.05, 0) is 49.6 Å². The number of benzene rings is 1. The summed E-state index contributed by atoms with van der Waals surface area (Å²) in [5, 5.41) is 16.3. The van der Waals surface area contributed by atoms with Crippen LogP contribution in [0.1, 0.15) is 63.9 Å². The Bertz CT molecular complexity index is 645. The second-order valence-electron chi connectivity index (χ2n) is 7.68. The second kappa shape index (κ2) is 6.99. The lowest BCUT2D eigenvalue weighted by Crippen LogP contribution is -2.49. The van der Waals surface area contributed by atoms with E-state index in [9.17, 15) is 0 Å². The Morgan fingerprint density at radius 1 is 1.17 bits per heavy atom. The molecule has 3 unspecified atom stereocenters. The van der Waals surface area contributed by atoms with Crippen LogP contribution in [-0.2, 0) is 5.54 Å². The Morgan fingerprint density at radius 3 is 2.54 bits per heavy atom. The summed E-state index contributed by atoms with van der Waals surface area (Å²) in [6.07, 6.45) is 4.61. The Labute approximate surface area is 143 Å². The van der Waals surface area contributed by atoms with Crippen molar-refractivity contribution in [2.75, 3.05) is 0 Å². The van der Waals surface area contributed by atoms with E-state index in [1.807, 2.05) is 10.7 Å². The number of nitrogens with zero attached hydrogens (tertiary/aromatic N) is 4. The van der Waals surface area contributed by atoms with Crippen LogP contribution in [0.2, 0.25) is 0 Å². The van der Waals surface area contributed by atoms with Crippen molar-refractivity contribution >= 4 is 0 Å². The Morgan fingerprint density at radius 2 is 1.88 bits per heavy atom. The highest BCUT2D eigenvalue weighted by molar-refractivity contribution is 5.25. The molecule has 130 valence electrons. The van der Waals surface area contributed by atoms with Gasteiger partial charge in [-0.25, -0.2) is 4.68 Å². The van der Waals surface area contributed by atoms with E-state index in [1.165, 1.54) is 12.8 Å². The summed E-state index contributed by atoms with van der Waals surface area (Å²) in [4.78, 5) is 0. The molecule has 1 aliphatic rings. The standard InChI is InChI=1S/C18H28N6/c1-18(2,3)24-17(21-22-23-24)16(13-9-5-4-6-10-13)20-15-12-8-7-11-14(15)19/h4-6,9-10,14-16,20H,7-8,11-12,19H2,1-3H3. The lowest BCUT2D eigenvalue weighted by molar-refractivity contribution is 0.287. The molecule has 6 heteroatoms. The van der Waals surface area contributed by atoms with Gasteiger partial charge in [0.25, 0.3) is 0 Å². The predicted molar refractivity (Wildman–Crippen MR) is 94.5 cm³/mol. The smallest absolute Gasteiger partial charge is 0.173 e. The van der Waals surface area contributed by atoms with Crippen molar-refractivity contribution in [3.05, 3.63) is 41.7 Å². The van der Waals surface area contributed by atoms with Gasteiger partial charge in [0, 0.05) is 12.1 Å². The summed E-state index contributed by atoms with van der Waals surface area (Å²) in [5.74, 6) is 0.839. The van der Waals surface area contributed by atoms with Crippen molar-refractivity contribution in [3.8, 4) is 0 Å². The summed E-state index contributed by atoms with van der Waals surface area (Å²) in [6, 6.07) is 10.8. The maximum absolute atomic E-state index is 6.36. The first-order valence-corrected chi connectivity index (χ1v) is 8.82. The van der Waals surface area contributed by atoms with Gasteiger partial charge in [0.05, 0.1) is 11.6 Å². The van der Waals surface area contributed by atoms with Crippen molar-refractivity contribution in [3.63, 3.8) is 0 Å². The van der Waals surface area contributed by atoms with Gasteiger partial charge < -0.3 is 5.73 Å². The molecule has 0 radical (unpaired) electrons. The van der Waals surface area contributed by atoms with E-state index in [1.54, 1.807) is 0 Å². The average molecular weight is 328 g/mol. The summed E-state index contributed by atoms with van der Waals surface area (Å²) in [7, 11) is 0. The summed E-state index contributed by atoms with van der Waals surface area (Å²) in [5.41, 5.74) is 7.35. The lowest BCUT2D eigenvalue weighted by atomic mass is 9.89. The highest BCUT2D eigenvalue weighted by Gasteiger charge is 2.31. The number of rotatable bonds is 4. The molecule has 0 amide bonds. The molecule has 3 rings (SSSR count). The minimum Gasteiger partial charge on any atom is -0.326 e. The fraction of sp³-hybridized carbons (Fsp3) is 0.611. The molecule has 1 fully saturated rings. The van der Waals surface area contributed by atoms with Gasteiger partial charge in [0.1, 0.15) is 0 Å². The summed E-state index contributed by atoms with van der Waals surface area (Å²) >= 11 is 0. The normalized spacial score (nSPS) is 23.2. The molecule has 24 heavy (non-hydrogen) atoms. The zero-order valence-electron chi connectivity index (χ0n) is 14.8. The summed E-state index contributed by atoms with van der Waals surface area (Å²) < 4.78 is 1.91. The molecule has 0 bridgehead atoms. The zero-order chi connectivity index (χ0) is 17.2. The lowest BCUT2D eigenvalue weighted by Gasteiger charge is -2.33. The van der Waals surface area contributed by atoms with Crippen LogP contribution >= 0.6 is 0 Å². The molecule has 6 nitrogen and oxygen atoms in total. The van der Waals surface area contributed by atoms with Crippen molar-refractivity contribution in [2.45, 2.75) is 70.1 Å². The number of hydrogen-bond donors (Lipinski definition) is 2. The molecule has 1 heterocycles. The van der Waals surface area contributed by atoms with Crippen LogP contribution in [0.3, 0.4) is 0 Å². The molecule has 1 aromatic heterocycles. The number of hydrogen-bond acceptors (Lipinski definition) is 5. The van der Waals surface area contributed by atoms with Gasteiger partial charge in [-0.1, -0.05) is 43.2 Å². The minimum absolute atomic E-state index is 0.0606. The van der Waals surface area contributed by atoms with E-state index in [-0.39, 0.29) is 23.7 Å². The van der Waals surface area contributed by atoms with E-state index < -0.39 is 0 Å². The van der Waals surface area contributed by atoms with Crippen molar-refractivity contribution in [1.29, 1.82) is 0 Å². The van der Waals surface area contributed by atoms with Gasteiger partial charge in [0.15, 0.2) is 5.82 Å². The van der Waals surface area contributed by atoms with Gasteiger partial charge in [0.2, 0.25) is 0 Å². The third kappa shape index (κ3) is 3.65. The number of nitrogens with two attached hydrogens (primary N) is 1. The van der Waals surface area contributed by atoms with E-state index in [4.69, 9.17) is 5.73 Å². The van der Waals surface area contributed by atoms with Gasteiger partial charge in [-0.2, -0.15) is 0 Å². The first kappa shape index (κ1) is 17.0. The molecule has 0 aliphatic heterocycles. The molecule has 1 aliphatic carbocycles. The quantitative estimate of drug-likeness (QED) is 0.900. The predicted octanol–water partition coefficient (Wildman–Crippen LogP) is 2.38.